The molecule has 1 atom stereocenters. The van der Waals surface area contributed by atoms with Crippen molar-refractivity contribution in [2.45, 2.75) is 26.3 Å². The number of carbonyl (C=O) groups excluding carboxylic acids is 1. The second-order valence-corrected chi connectivity index (χ2v) is 4.44. The molecule has 6 heteroatoms. The molecule has 1 saturated heterocycles. The fraction of sp³-hybridized carbons (Fsp3) is 0.583. The molecule has 18 heavy (non-hydrogen) atoms. The fourth-order valence-corrected chi connectivity index (χ4v) is 2.15. The van der Waals surface area contributed by atoms with Crippen molar-refractivity contribution in [1.82, 2.24) is 14.9 Å². The number of anilines is 1. The van der Waals surface area contributed by atoms with Crippen molar-refractivity contribution in [3.63, 3.8) is 0 Å². The SMILES string of the molecule is CCc1ncnc(N2CCN(C)C(=O)C2C)c1F. The van der Waals surface area contributed by atoms with Gasteiger partial charge in [0.25, 0.3) is 0 Å². The summed E-state index contributed by atoms with van der Waals surface area (Å²) >= 11 is 0. The van der Waals surface area contributed by atoms with Crippen LogP contribution in [-0.2, 0) is 11.2 Å². The van der Waals surface area contributed by atoms with E-state index in [9.17, 15) is 9.18 Å². The van der Waals surface area contributed by atoms with E-state index in [1.165, 1.54) is 6.33 Å². The molecule has 0 spiro atoms. The third kappa shape index (κ3) is 2.02. The summed E-state index contributed by atoms with van der Waals surface area (Å²) in [4.78, 5) is 23.1. The van der Waals surface area contributed by atoms with E-state index < -0.39 is 11.9 Å². The molecule has 0 N–H and O–H groups in total. The Morgan fingerprint density at radius 3 is 2.83 bits per heavy atom. The molecule has 0 bridgehead atoms. The van der Waals surface area contributed by atoms with Crippen LogP contribution in [0.3, 0.4) is 0 Å². The topological polar surface area (TPSA) is 49.3 Å². The number of carbonyl (C=O) groups is 1. The molecule has 1 fully saturated rings. The highest BCUT2D eigenvalue weighted by Gasteiger charge is 2.32. The molecule has 0 aliphatic carbocycles. The summed E-state index contributed by atoms with van der Waals surface area (Å²) in [6.45, 7) is 4.77. The van der Waals surface area contributed by atoms with Gasteiger partial charge in [-0.05, 0) is 13.3 Å². The normalized spacial score (nSPS) is 20.4. The van der Waals surface area contributed by atoms with Crippen LogP contribution in [0.25, 0.3) is 0 Å². The van der Waals surface area contributed by atoms with Crippen LogP contribution in [0, 0.1) is 5.82 Å². The minimum atomic E-state index is -0.413. The Bertz CT molecular complexity index is 465. The van der Waals surface area contributed by atoms with Gasteiger partial charge in [0.15, 0.2) is 11.6 Å². The Hall–Kier alpha value is -1.72. The molecule has 1 unspecified atom stereocenters. The molecule has 0 saturated carbocycles. The van der Waals surface area contributed by atoms with E-state index in [0.29, 0.717) is 25.2 Å². The van der Waals surface area contributed by atoms with Crippen LogP contribution in [0.15, 0.2) is 6.33 Å². The van der Waals surface area contributed by atoms with Crippen LogP contribution in [0.5, 0.6) is 0 Å². The molecular formula is C12H17FN4O. The molecule has 1 amide bonds. The van der Waals surface area contributed by atoms with Crippen molar-refractivity contribution in [2.24, 2.45) is 0 Å². The zero-order valence-corrected chi connectivity index (χ0v) is 10.9. The number of amides is 1. The van der Waals surface area contributed by atoms with Crippen LogP contribution >= 0.6 is 0 Å². The Morgan fingerprint density at radius 1 is 1.44 bits per heavy atom. The van der Waals surface area contributed by atoms with Gasteiger partial charge < -0.3 is 9.80 Å². The zero-order chi connectivity index (χ0) is 13.3. The van der Waals surface area contributed by atoms with Crippen molar-refractivity contribution in [3.05, 3.63) is 17.8 Å². The van der Waals surface area contributed by atoms with E-state index in [1.807, 2.05) is 6.92 Å². The molecule has 5 nitrogen and oxygen atoms in total. The monoisotopic (exact) mass is 252 g/mol. The Balaban J connectivity index is 2.34. The smallest absolute Gasteiger partial charge is 0.244 e. The van der Waals surface area contributed by atoms with Gasteiger partial charge in [-0.2, -0.15) is 0 Å². The molecule has 2 rings (SSSR count). The van der Waals surface area contributed by atoms with E-state index >= 15 is 0 Å². The minimum Gasteiger partial charge on any atom is -0.342 e. The Labute approximate surface area is 106 Å². The van der Waals surface area contributed by atoms with Gasteiger partial charge in [0.05, 0.1) is 5.69 Å². The summed E-state index contributed by atoms with van der Waals surface area (Å²) in [5.41, 5.74) is 0.388. The van der Waals surface area contributed by atoms with E-state index in [2.05, 4.69) is 9.97 Å². The third-order valence-corrected chi connectivity index (χ3v) is 3.33. The first-order chi connectivity index (χ1) is 8.56. The molecule has 2 heterocycles. The van der Waals surface area contributed by atoms with Crippen LogP contribution in [0.2, 0.25) is 0 Å². The lowest BCUT2D eigenvalue weighted by Gasteiger charge is -2.38. The second kappa shape index (κ2) is 4.88. The number of halogens is 1. The van der Waals surface area contributed by atoms with Crippen LogP contribution in [0.4, 0.5) is 10.2 Å². The standard InChI is InChI=1S/C12H17FN4O/c1-4-9-10(13)11(15-7-14-9)17-6-5-16(3)12(18)8(17)2/h7-8H,4-6H2,1-3H3. The van der Waals surface area contributed by atoms with E-state index in [-0.39, 0.29) is 11.7 Å². The lowest BCUT2D eigenvalue weighted by atomic mass is 10.1. The Kier molecular flexibility index (Phi) is 3.45. The van der Waals surface area contributed by atoms with Gasteiger partial charge in [-0.3, -0.25) is 4.79 Å². The summed E-state index contributed by atoms with van der Waals surface area (Å²) in [7, 11) is 1.75. The van der Waals surface area contributed by atoms with E-state index in [1.54, 1.807) is 23.8 Å². The second-order valence-electron chi connectivity index (χ2n) is 4.44. The minimum absolute atomic E-state index is 0.0164. The van der Waals surface area contributed by atoms with Gasteiger partial charge in [-0.15, -0.1) is 0 Å². The van der Waals surface area contributed by atoms with E-state index in [0.717, 1.165) is 0 Å². The van der Waals surface area contributed by atoms with Crippen LogP contribution in [0.1, 0.15) is 19.5 Å². The molecule has 0 radical (unpaired) electrons. The number of piperazine rings is 1. The average molecular weight is 252 g/mol. The van der Waals surface area contributed by atoms with Crippen molar-refractivity contribution in [3.8, 4) is 0 Å². The van der Waals surface area contributed by atoms with Crippen molar-refractivity contribution < 1.29 is 9.18 Å². The number of nitrogens with zero attached hydrogens (tertiary/aromatic N) is 4. The van der Waals surface area contributed by atoms with Gasteiger partial charge in [-0.25, -0.2) is 14.4 Å². The maximum Gasteiger partial charge on any atom is 0.244 e. The highest BCUT2D eigenvalue weighted by Crippen LogP contribution is 2.23. The molecule has 98 valence electrons. The number of hydrogen-bond donors (Lipinski definition) is 0. The number of rotatable bonds is 2. The number of likely N-dealkylation sites (N-methyl/N-ethyl adjacent to an activating group) is 1. The predicted octanol–water partition coefficient (Wildman–Crippen LogP) is 0.845. The maximum absolute atomic E-state index is 14.2. The number of aryl methyl sites for hydroxylation is 1. The number of hydrogen-bond acceptors (Lipinski definition) is 4. The molecular weight excluding hydrogens is 235 g/mol. The molecule has 1 aromatic heterocycles. The molecule has 0 aromatic carbocycles. The summed E-state index contributed by atoms with van der Waals surface area (Å²) in [5.74, 6) is -0.197. The first kappa shape index (κ1) is 12.7. The maximum atomic E-state index is 14.2. The average Bonchev–Trinajstić information content (AvgIpc) is 2.37. The van der Waals surface area contributed by atoms with Gasteiger partial charge in [0, 0.05) is 20.1 Å². The summed E-state index contributed by atoms with van der Waals surface area (Å²) in [6, 6.07) is -0.391. The van der Waals surface area contributed by atoms with Gasteiger partial charge in [0.1, 0.15) is 12.4 Å². The van der Waals surface area contributed by atoms with Gasteiger partial charge >= 0.3 is 0 Å². The van der Waals surface area contributed by atoms with Crippen molar-refractivity contribution in [1.29, 1.82) is 0 Å². The highest BCUT2D eigenvalue weighted by atomic mass is 19.1. The van der Waals surface area contributed by atoms with Crippen molar-refractivity contribution in [2.75, 3.05) is 25.0 Å². The largest absolute Gasteiger partial charge is 0.342 e. The third-order valence-electron chi connectivity index (χ3n) is 3.33. The quantitative estimate of drug-likeness (QED) is 0.783. The van der Waals surface area contributed by atoms with Crippen LogP contribution in [-0.4, -0.2) is 47.0 Å². The van der Waals surface area contributed by atoms with E-state index in [4.69, 9.17) is 0 Å². The molecule has 1 aliphatic heterocycles. The van der Waals surface area contributed by atoms with Gasteiger partial charge in [-0.1, -0.05) is 6.92 Å². The molecule has 1 aromatic rings. The molecule has 1 aliphatic rings. The highest BCUT2D eigenvalue weighted by molar-refractivity contribution is 5.85. The van der Waals surface area contributed by atoms with Crippen molar-refractivity contribution >= 4 is 11.7 Å². The number of aromatic nitrogens is 2. The summed E-state index contributed by atoms with van der Waals surface area (Å²) in [6.07, 6.45) is 1.87. The van der Waals surface area contributed by atoms with Gasteiger partial charge in [0.2, 0.25) is 5.91 Å². The lowest BCUT2D eigenvalue weighted by molar-refractivity contribution is -0.132. The Morgan fingerprint density at radius 2 is 2.17 bits per heavy atom. The first-order valence-electron chi connectivity index (χ1n) is 6.07. The first-order valence-corrected chi connectivity index (χ1v) is 6.07. The fourth-order valence-electron chi connectivity index (χ4n) is 2.15. The van der Waals surface area contributed by atoms with Crippen LogP contribution < -0.4 is 4.90 Å². The summed E-state index contributed by atoms with van der Waals surface area (Å²) < 4.78 is 14.2. The zero-order valence-electron chi connectivity index (χ0n) is 10.9. The predicted molar refractivity (Wildman–Crippen MR) is 65.8 cm³/mol. The lowest BCUT2D eigenvalue weighted by Crippen LogP contribution is -2.55. The summed E-state index contributed by atoms with van der Waals surface area (Å²) in [5, 5.41) is 0.